The van der Waals surface area contributed by atoms with Crippen molar-refractivity contribution in [2.24, 2.45) is 0 Å². The number of amides is 2. The Morgan fingerprint density at radius 3 is 2.14 bits per heavy atom. The van der Waals surface area contributed by atoms with Crippen LogP contribution in [0.3, 0.4) is 0 Å². The maximum Gasteiger partial charge on any atom is 0.340 e. The highest BCUT2D eigenvalue weighted by molar-refractivity contribution is 6.05. The Bertz CT molecular complexity index is 847. The second-order valence-corrected chi connectivity index (χ2v) is 6.33. The van der Waals surface area contributed by atoms with Gasteiger partial charge < -0.3 is 19.9 Å². The fourth-order valence-electron chi connectivity index (χ4n) is 2.63. The monoisotopic (exact) mass is 383 g/mol. The number of hydrogen-bond acceptors (Lipinski definition) is 5. The fraction of sp³-hybridized carbons (Fsp3) is 0.286. The molecule has 28 heavy (non-hydrogen) atoms. The molecule has 0 heterocycles. The molecule has 0 aliphatic carbocycles. The quantitative estimate of drug-likeness (QED) is 0.744. The first-order chi connectivity index (χ1) is 13.3. The number of benzene rings is 2. The molecule has 0 atom stereocenters. The summed E-state index contributed by atoms with van der Waals surface area (Å²) in [6, 6.07) is 13.9. The maximum atomic E-state index is 12.5. The predicted octanol–water partition coefficient (Wildman–Crippen LogP) is 2.92. The van der Waals surface area contributed by atoms with E-state index in [1.54, 1.807) is 43.3 Å². The lowest BCUT2D eigenvalue weighted by Gasteiger charge is -2.22. The SMILES string of the molecule is CCOC(=O)c1ccccc1NC(=O)CN(C(C)=O)c1ccc(N(C)C)cc1. The molecule has 0 radical (unpaired) electrons. The number of ether oxygens (including phenoxy) is 1. The van der Waals surface area contributed by atoms with Crippen LogP contribution in [-0.2, 0) is 14.3 Å². The van der Waals surface area contributed by atoms with Crippen LogP contribution in [0, 0.1) is 0 Å². The molecule has 0 aromatic heterocycles. The summed E-state index contributed by atoms with van der Waals surface area (Å²) in [6.07, 6.45) is 0. The summed E-state index contributed by atoms with van der Waals surface area (Å²) in [5.41, 5.74) is 2.21. The van der Waals surface area contributed by atoms with Crippen LogP contribution in [0.2, 0.25) is 0 Å². The third-order valence-electron chi connectivity index (χ3n) is 4.06. The zero-order valence-electron chi connectivity index (χ0n) is 16.6. The van der Waals surface area contributed by atoms with E-state index in [4.69, 9.17) is 4.74 Å². The minimum atomic E-state index is -0.513. The number of anilines is 3. The highest BCUT2D eigenvalue weighted by Crippen LogP contribution is 2.21. The van der Waals surface area contributed by atoms with Crippen molar-refractivity contribution in [3.8, 4) is 0 Å². The van der Waals surface area contributed by atoms with Crippen LogP contribution in [0.4, 0.5) is 17.1 Å². The topological polar surface area (TPSA) is 79.0 Å². The van der Waals surface area contributed by atoms with Gasteiger partial charge in [-0.1, -0.05) is 12.1 Å². The van der Waals surface area contributed by atoms with Crippen molar-refractivity contribution in [1.82, 2.24) is 0 Å². The van der Waals surface area contributed by atoms with Gasteiger partial charge in [-0.25, -0.2) is 4.79 Å². The first-order valence-electron chi connectivity index (χ1n) is 8.95. The normalized spacial score (nSPS) is 10.1. The lowest BCUT2D eigenvalue weighted by molar-refractivity contribution is -0.120. The average molecular weight is 383 g/mol. The zero-order chi connectivity index (χ0) is 20.7. The summed E-state index contributed by atoms with van der Waals surface area (Å²) in [5, 5.41) is 2.69. The lowest BCUT2D eigenvalue weighted by atomic mass is 10.1. The summed E-state index contributed by atoms with van der Waals surface area (Å²) < 4.78 is 5.01. The van der Waals surface area contributed by atoms with Gasteiger partial charge in [0, 0.05) is 32.4 Å². The second kappa shape index (κ2) is 9.55. The molecule has 2 rings (SSSR count). The van der Waals surface area contributed by atoms with Gasteiger partial charge >= 0.3 is 5.97 Å². The second-order valence-electron chi connectivity index (χ2n) is 6.33. The number of hydrogen-bond donors (Lipinski definition) is 1. The summed E-state index contributed by atoms with van der Waals surface area (Å²) in [5.74, 6) is -1.18. The molecule has 2 amide bonds. The molecule has 2 aromatic carbocycles. The van der Waals surface area contributed by atoms with Crippen LogP contribution in [0.1, 0.15) is 24.2 Å². The summed E-state index contributed by atoms with van der Waals surface area (Å²) >= 11 is 0. The molecule has 7 heteroatoms. The van der Waals surface area contributed by atoms with Crippen LogP contribution < -0.4 is 15.1 Å². The largest absolute Gasteiger partial charge is 0.462 e. The van der Waals surface area contributed by atoms with Crippen LogP contribution in [0.15, 0.2) is 48.5 Å². The van der Waals surface area contributed by atoms with Gasteiger partial charge in [-0.3, -0.25) is 9.59 Å². The van der Waals surface area contributed by atoms with Crippen LogP contribution in [0.25, 0.3) is 0 Å². The molecule has 0 bridgehead atoms. The predicted molar refractivity (Wildman–Crippen MR) is 110 cm³/mol. The molecule has 1 N–H and O–H groups in total. The van der Waals surface area contributed by atoms with E-state index in [1.807, 2.05) is 31.1 Å². The first-order valence-corrected chi connectivity index (χ1v) is 8.95. The highest BCUT2D eigenvalue weighted by atomic mass is 16.5. The van der Waals surface area contributed by atoms with E-state index in [2.05, 4.69) is 5.32 Å². The van der Waals surface area contributed by atoms with Crippen molar-refractivity contribution in [3.05, 3.63) is 54.1 Å². The number of nitrogens with zero attached hydrogens (tertiary/aromatic N) is 2. The Morgan fingerprint density at radius 1 is 0.964 bits per heavy atom. The van der Waals surface area contributed by atoms with Crippen molar-refractivity contribution in [1.29, 1.82) is 0 Å². The molecule has 0 fully saturated rings. The number of nitrogens with one attached hydrogen (secondary N) is 1. The van der Waals surface area contributed by atoms with Crippen LogP contribution in [0.5, 0.6) is 0 Å². The molecule has 7 nitrogen and oxygen atoms in total. The van der Waals surface area contributed by atoms with E-state index >= 15 is 0 Å². The molecule has 0 unspecified atom stereocenters. The lowest BCUT2D eigenvalue weighted by Crippen LogP contribution is -2.36. The minimum Gasteiger partial charge on any atom is -0.462 e. The van der Waals surface area contributed by atoms with Gasteiger partial charge in [-0.05, 0) is 43.3 Å². The highest BCUT2D eigenvalue weighted by Gasteiger charge is 2.18. The molecule has 0 aliphatic rings. The number of para-hydroxylation sites is 1. The Labute approximate surface area is 164 Å². The smallest absolute Gasteiger partial charge is 0.340 e. The van der Waals surface area contributed by atoms with E-state index in [0.29, 0.717) is 11.4 Å². The Hall–Kier alpha value is -3.35. The van der Waals surface area contributed by atoms with E-state index in [-0.39, 0.29) is 24.6 Å². The Morgan fingerprint density at radius 2 is 1.57 bits per heavy atom. The molecule has 0 spiro atoms. The van der Waals surface area contributed by atoms with E-state index in [0.717, 1.165) is 5.69 Å². The standard InChI is InChI=1S/C21H25N3O4/c1-5-28-21(27)18-8-6-7-9-19(18)22-20(26)14-24(15(2)25)17-12-10-16(11-13-17)23(3)4/h6-13H,5,14H2,1-4H3,(H,22,26). The van der Waals surface area contributed by atoms with E-state index in [9.17, 15) is 14.4 Å². The van der Waals surface area contributed by atoms with Gasteiger partial charge in [0.15, 0.2) is 0 Å². The van der Waals surface area contributed by atoms with Gasteiger partial charge in [0.2, 0.25) is 11.8 Å². The molecule has 148 valence electrons. The molecule has 0 aliphatic heterocycles. The number of rotatable bonds is 7. The minimum absolute atomic E-state index is 0.173. The first kappa shape index (κ1) is 21.0. The fourth-order valence-corrected chi connectivity index (χ4v) is 2.63. The van der Waals surface area contributed by atoms with Crippen molar-refractivity contribution < 1.29 is 19.1 Å². The summed E-state index contributed by atoms with van der Waals surface area (Å²) in [7, 11) is 3.85. The van der Waals surface area contributed by atoms with Gasteiger partial charge in [0.25, 0.3) is 0 Å². The Balaban J connectivity index is 2.16. The van der Waals surface area contributed by atoms with E-state index in [1.165, 1.54) is 11.8 Å². The molecule has 0 saturated heterocycles. The number of carbonyl (C=O) groups is 3. The van der Waals surface area contributed by atoms with Gasteiger partial charge in [-0.15, -0.1) is 0 Å². The third-order valence-corrected chi connectivity index (χ3v) is 4.06. The summed E-state index contributed by atoms with van der Waals surface area (Å²) in [6.45, 7) is 3.18. The van der Waals surface area contributed by atoms with Crippen LogP contribution in [-0.4, -0.2) is 45.0 Å². The number of carbonyl (C=O) groups excluding carboxylic acids is 3. The average Bonchev–Trinajstić information content (AvgIpc) is 2.66. The van der Waals surface area contributed by atoms with Crippen LogP contribution >= 0.6 is 0 Å². The molecule has 2 aromatic rings. The van der Waals surface area contributed by atoms with Gasteiger partial charge in [0.05, 0.1) is 17.9 Å². The van der Waals surface area contributed by atoms with Crippen molar-refractivity contribution in [2.75, 3.05) is 42.4 Å². The Kier molecular flexibility index (Phi) is 7.14. The third kappa shape index (κ3) is 5.33. The number of esters is 1. The maximum absolute atomic E-state index is 12.5. The summed E-state index contributed by atoms with van der Waals surface area (Å²) in [4.78, 5) is 40.0. The van der Waals surface area contributed by atoms with Crippen molar-refractivity contribution in [3.63, 3.8) is 0 Å². The van der Waals surface area contributed by atoms with Crippen molar-refractivity contribution >= 4 is 34.8 Å². The molecular formula is C21H25N3O4. The molecular weight excluding hydrogens is 358 g/mol. The zero-order valence-corrected chi connectivity index (χ0v) is 16.6. The molecule has 0 saturated carbocycles. The van der Waals surface area contributed by atoms with Gasteiger partial charge in [0.1, 0.15) is 6.54 Å². The van der Waals surface area contributed by atoms with Crippen molar-refractivity contribution in [2.45, 2.75) is 13.8 Å². The van der Waals surface area contributed by atoms with Gasteiger partial charge in [-0.2, -0.15) is 0 Å². The van der Waals surface area contributed by atoms with E-state index < -0.39 is 11.9 Å².